The highest BCUT2D eigenvalue weighted by atomic mass is 15.4. The highest BCUT2D eigenvalue weighted by Gasteiger charge is 1.97. The molecule has 0 unspecified atom stereocenters. The van der Waals surface area contributed by atoms with Crippen molar-refractivity contribution in [3.63, 3.8) is 0 Å². The zero-order valence-corrected chi connectivity index (χ0v) is 7.25. The third-order valence-electron chi connectivity index (χ3n) is 1.63. The van der Waals surface area contributed by atoms with Gasteiger partial charge in [0.1, 0.15) is 5.82 Å². The lowest BCUT2D eigenvalue weighted by Gasteiger charge is -1.99. The summed E-state index contributed by atoms with van der Waals surface area (Å²) >= 11 is 0. The van der Waals surface area contributed by atoms with Crippen LogP contribution in [-0.2, 0) is 6.54 Å². The molecule has 0 aliphatic heterocycles. The predicted octanol–water partition coefficient (Wildman–Crippen LogP) is 0.425. The van der Waals surface area contributed by atoms with E-state index in [9.17, 15) is 0 Å². The van der Waals surface area contributed by atoms with Gasteiger partial charge in [0, 0.05) is 12.4 Å². The first kappa shape index (κ1) is 7.85. The maximum Gasteiger partial charge on any atom is 0.125 e. The van der Waals surface area contributed by atoms with Crippen LogP contribution in [-0.4, -0.2) is 25.0 Å². The fourth-order valence-corrected chi connectivity index (χ4v) is 1.08. The maximum atomic E-state index is 4.25. The van der Waals surface area contributed by atoms with E-state index in [0.29, 0.717) is 6.54 Å². The molecule has 0 bridgehead atoms. The second kappa shape index (κ2) is 3.30. The molecule has 5 heteroatoms. The third kappa shape index (κ3) is 1.87. The number of rotatable bonds is 2. The second-order valence-electron chi connectivity index (χ2n) is 2.70. The normalized spacial score (nSPS) is 10.2. The second-order valence-corrected chi connectivity index (χ2v) is 2.70. The zero-order valence-electron chi connectivity index (χ0n) is 7.25. The van der Waals surface area contributed by atoms with E-state index in [4.69, 9.17) is 0 Å². The van der Waals surface area contributed by atoms with E-state index in [1.54, 1.807) is 23.3 Å². The van der Waals surface area contributed by atoms with Gasteiger partial charge in [-0.05, 0) is 13.0 Å². The summed E-state index contributed by atoms with van der Waals surface area (Å²) < 4.78 is 1.72. The molecule has 2 aromatic rings. The van der Waals surface area contributed by atoms with Crippen molar-refractivity contribution < 1.29 is 0 Å². The fourth-order valence-electron chi connectivity index (χ4n) is 1.08. The van der Waals surface area contributed by atoms with Crippen molar-refractivity contribution in [3.8, 4) is 0 Å². The van der Waals surface area contributed by atoms with Gasteiger partial charge < -0.3 is 0 Å². The predicted molar refractivity (Wildman–Crippen MR) is 45.9 cm³/mol. The number of nitrogens with zero attached hydrogens (tertiary/aromatic N) is 5. The van der Waals surface area contributed by atoms with Gasteiger partial charge in [0.2, 0.25) is 0 Å². The molecular formula is C8H9N5. The molecule has 0 aliphatic rings. The minimum atomic E-state index is 0.642. The van der Waals surface area contributed by atoms with Gasteiger partial charge in [-0.2, -0.15) is 0 Å². The van der Waals surface area contributed by atoms with Crippen molar-refractivity contribution in [2.45, 2.75) is 13.5 Å². The molecule has 2 rings (SSSR count). The molecule has 0 atom stereocenters. The lowest BCUT2D eigenvalue weighted by Crippen LogP contribution is -2.03. The van der Waals surface area contributed by atoms with E-state index in [2.05, 4.69) is 20.3 Å². The summed E-state index contributed by atoms with van der Waals surface area (Å²) in [6.07, 6.45) is 5.19. The van der Waals surface area contributed by atoms with Crippen LogP contribution in [0.3, 0.4) is 0 Å². The van der Waals surface area contributed by atoms with Crippen LogP contribution in [0.25, 0.3) is 0 Å². The van der Waals surface area contributed by atoms with Crippen LogP contribution in [0, 0.1) is 6.92 Å². The minimum Gasteiger partial charge on any atom is -0.247 e. The quantitative estimate of drug-likeness (QED) is 0.664. The molecule has 5 nitrogen and oxygen atoms in total. The monoisotopic (exact) mass is 175 g/mol. The number of aromatic nitrogens is 5. The van der Waals surface area contributed by atoms with Gasteiger partial charge in [-0.25, -0.2) is 14.6 Å². The first-order chi connectivity index (χ1) is 6.34. The molecular weight excluding hydrogens is 166 g/mol. The summed E-state index contributed by atoms with van der Waals surface area (Å²) in [6, 6.07) is 1.87. The Labute approximate surface area is 75.5 Å². The van der Waals surface area contributed by atoms with Gasteiger partial charge in [-0.15, -0.1) is 5.10 Å². The van der Waals surface area contributed by atoms with Crippen molar-refractivity contribution in [2.75, 3.05) is 0 Å². The van der Waals surface area contributed by atoms with Gasteiger partial charge in [0.05, 0.1) is 18.4 Å². The van der Waals surface area contributed by atoms with Gasteiger partial charge in [-0.1, -0.05) is 5.21 Å². The van der Waals surface area contributed by atoms with E-state index >= 15 is 0 Å². The Kier molecular flexibility index (Phi) is 1.99. The highest BCUT2D eigenvalue weighted by Crippen LogP contribution is 1.96. The van der Waals surface area contributed by atoms with Crippen LogP contribution >= 0.6 is 0 Å². The molecule has 0 aliphatic carbocycles. The Morgan fingerprint density at radius 1 is 1.38 bits per heavy atom. The number of hydrogen-bond acceptors (Lipinski definition) is 4. The Morgan fingerprint density at radius 2 is 2.31 bits per heavy atom. The van der Waals surface area contributed by atoms with E-state index in [1.165, 1.54) is 0 Å². The van der Waals surface area contributed by atoms with Crippen molar-refractivity contribution in [1.29, 1.82) is 0 Å². The molecule has 0 fully saturated rings. The van der Waals surface area contributed by atoms with Crippen LogP contribution in [0.2, 0.25) is 0 Å². The lowest BCUT2D eigenvalue weighted by atomic mass is 10.4. The standard InChI is InChI=1S/C8H9N5/c1-7-9-3-2-8(11-7)6-13-5-4-10-12-13/h2-5H,6H2,1H3. The molecule has 0 spiro atoms. The summed E-state index contributed by atoms with van der Waals surface area (Å²) in [5, 5.41) is 7.56. The Bertz CT molecular complexity index is 381. The first-order valence-corrected chi connectivity index (χ1v) is 3.97. The minimum absolute atomic E-state index is 0.642. The molecule has 0 amide bonds. The van der Waals surface area contributed by atoms with E-state index in [1.807, 2.05) is 13.0 Å². The van der Waals surface area contributed by atoms with Crippen LogP contribution in [0.5, 0.6) is 0 Å². The smallest absolute Gasteiger partial charge is 0.125 e. The van der Waals surface area contributed by atoms with Crippen LogP contribution in [0.15, 0.2) is 24.7 Å². The van der Waals surface area contributed by atoms with Gasteiger partial charge >= 0.3 is 0 Å². The van der Waals surface area contributed by atoms with Crippen molar-refractivity contribution in [2.24, 2.45) is 0 Å². The summed E-state index contributed by atoms with van der Waals surface area (Å²) in [5.41, 5.74) is 0.943. The summed E-state index contributed by atoms with van der Waals surface area (Å²) in [5.74, 6) is 0.776. The van der Waals surface area contributed by atoms with Crippen LogP contribution in [0.4, 0.5) is 0 Å². The van der Waals surface area contributed by atoms with E-state index in [0.717, 1.165) is 11.5 Å². The maximum absolute atomic E-state index is 4.25. The van der Waals surface area contributed by atoms with E-state index in [-0.39, 0.29) is 0 Å². The van der Waals surface area contributed by atoms with Crippen LogP contribution < -0.4 is 0 Å². The SMILES string of the molecule is Cc1nccc(Cn2ccnn2)n1. The fraction of sp³-hybridized carbons (Fsp3) is 0.250. The number of aryl methyl sites for hydroxylation is 1. The largest absolute Gasteiger partial charge is 0.247 e. The number of hydrogen-bond donors (Lipinski definition) is 0. The molecule has 2 aromatic heterocycles. The van der Waals surface area contributed by atoms with Crippen molar-refractivity contribution in [3.05, 3.63) is 36.2 Å². The Morgan fingerprint density at radius 3 is 3.00 bits per heavy atom. The van der Waals surface area contributed by atoms with Gasteiger partial charge in [0.25, 0.3) is 0 Å². The Hall–Kier alpha value is -1.78. The summed E-state index contributed by atoms with van der Waals surface area (Å²) in [6.45, 7) is 2.51. The molecule has 0 saturated carbocycles. The van der Waals surface area contributed by atoms with Crippen LogP contribution in [0.1, 0.15) is 11.5 Å². The van der Waals surface area contributed by atoms with Gasteiger partial charge in [0.15, 0.2) is 0 Å². The molecule has 13 heavy (non-hydrogen) atoms. The molecule has 0 radical (unpaired) electrons. The molecule has 0 saturated heterocycles. The molecule has 2 heterocycles. The summed E-state index contributed by atoms with van der Waals surface area (Å²) in [4.78, 5) is 8.26. The first-order valence-electron chi connectivity index (χ1n) is 3.97. The van der Waals surface area contributed by atoms with Crippen molar-refractivity contribution in [1.82, 2.24) is 25.0 Å². The molecule has 66 valence electrons. The third-order valence-corrected chi connectivity index (χ3v) is 1.63. The van der Waals surface area contributed by atoms with Crippen molar-refractivity contribution >= 4 is 0 Å². The average Bonchev–Trinajstić information content (AvgIpc) is 2.57. The van der Waals surface area contributed by atoms with E-state index < -0.39 is 0 Å². The average molecular weight is 175 g/mol. The molecule has 0 aromatic carbocycles. The lowest BCUT2D eigenvalue weighted by molar-refractivity contribution is 0.635. The topological polar surface area (TPSA) is 56.5 Å². The van der Waals surface area contributed by atoms with Gasteiger partial charge in [-0.3, -0.25) is 0 Å². The highest BCUT2D eigenvalue weighted by molar-refractivity contribution is 5.01. The summed E-state index contributed by atoms with van der Waals surface area (Å²) in [7, 11) is 0. The Balaban J connectivity index is 2.19. The zero-order chi connectivity index (χ0) is 9.10. The molecule has 0 N–H and O–H groups in total.